The minimum absolute atomic E-state index is 0.0413. The summed E-state index contributed by atoms with van der Waals surface area (Å²) in [6.45, 7) is 2.37. The lowest BCUT2D eigenvalue weighted by Crippen LogP contribution is -2.02. The summed E-state index contributed by atoms with van der Waals surface area (Å²) in [4.78, 5) is 13.1. The molecule has 16 heavy (non-hydrogen) atoms. The van der Waals surface area contributed by atoms with Gasteiger partial charge in [-0.05, 0) is 19.1 Å². The molecule has 0 aliphatic rings. The zero-order chi connectivity index (χ0) is 11.7. The van der Waals surface area contributed by atoms with E-state index in [2.05, 4.69) is 10.2 Å². The van der Waals surface area contributed by atoms with E-state index in [4.69, 9.17) is 16.7 Å². The molecule has 0 atom stereocenters. The minimum atomic E-state index is -1.08. The van der Waals surface area contributed by atoms with Crippen molar-refractivity contribution in [3.05, 3.63) is 22.2 Å². The molecule has 2 aromatic rings. The van der Waals surface area contributed by atoms with Crippen LogP contribution < -0.4 is 0 Å². The highest BCUT2D eigenvalue weighted by Gasteiger charge is 2.19. The number of nitrogens with zero attached hydrogens (tertiary/aromatic N) is 3. The highest BCUT2D eigenvalue weighted by Crippen LogP contribution is 2.31. The van der Waals surface area contributed by atoms with E-state index in [1.54, 1.807) is 12.1 Å². The highest BCUT2D eigenvalue weighted by atomic mass is 35.5. The standard InChI is InChI=1S/C9H8ClN3O2S/c1-2-13-11-7(8(12-13)9(14)15)5-3-4-6(10)16-5/h3-4H,2H2,1H3,(H,14,15). The van der Waals surface area contributed by atoms with Crippen molar-refractivity contribution in [1.29, 1.82) is 0 Å². The van der Waals surface area contributed by atoms with E-state index < -0.39 is 5.97 Å². The number of aryl methyl sites for hydroxylation is 1. The zero-order valence-electron chi connectivity index (χ0n) is 8.35. The normalized spacial score (nSPS) is 10.6. The van der Waals surface area contributed by atoms with E-state index in [9.17, 15) is 4.79 Å². The van der Waals surface area contributed by atoms with E-state index in [0.717, 1.165) is 0 Å². The molecular weight excluding hydrogens is 250 g/mol. The predicted octanol–water partition coefficient (Wildman–Crippen LogP) is 2.38. The fourth-order valence-corrected chi connectivity index (χ4v) is 2.27. The Bertz CT molecular complexity index is 535. The van der Waals surface area contributed by atoms with Crippen molar-refractivity contribution in [2.75, 3.05) is 0 Å². The maximum Gasteiger partial charge on any atom is 0.358 e. The van der Waals surface area contributed by atoms with Gasteiger partial charge in [-0.2, -0.15) is 9.90 Å². The summed E-state index contributed by atoms with van der Waals surface area (Å²) < 4.78 is 0.595. The summed E-state index contributed by atoms with van der Waals surface area (Å²) in [5.41, 5.74) is 0.326. The third kappa shape index (κ3) is 1.94. The van der Waals surface area contributed by atoms with E-state index in [0.29, 0.717) is 21.5 Å². The molecule has 5 nitrogen and oxygen atoms in total. The summed E-state index contributed by atoms with van der Waals surface area (Å²) in [5, 5.41) is 17.0. The molecule has 0 bridgehead atoms. The van der Waals surface area contributed by atoms with Gasteiger partial charge < -0.3 is 5.11 Å². The Morgan fingerprint density at radius 3 is 2.81 bits per heavy atom. The van der Waals surface area contributed by atoms with Gasteiger partial charge >= 0.3 is 5.97 Å². The van der Waals surface area contributed by atoms with E-state index in [1.807, 2.05) is 6.92 Å². The van der Waals surface area contributed by atoms with Gasteiger partial charge in [0.15, 0.2) is 5.69 Å². The van der Waals surface area contributed by atoms with Gasteiger partial charge in [0, 0.05) is 0 Å². The number of aromatic nitrogens is 3. The van der Waals surface area contributed by atoms with Crippen LogP contribution in [-0.2, 0) is 6.54 Å². The molecule has 7 heteroatoms. The summed E-state index contributed by atoms with van der Waals surface area (Å²) in [5.74, 6) is -1.08. The molecule has 0 radical (unpaired) electrons. The largest absolute Gasteiger partial charge is 0.476 e. The average molecular weight is 258 g/mol. The van der Waals surface area contributed by atoms with Crippen LogP contribution in [0.5, 0.6) is 0 Å². The fraction of sp³-hybridized carbons (Fsp3) is 0.222. The van der Waals surface area contributed by atoms with Crippen molar-refractivity contribution in [3.63, 3.8) is 0 Å². The molecule has 2 heterocycles. The Labute approximate surface area is 100 Å². The first-order valence-corrected chi connectivity index (χ1v) is 5.75. The third-order valence-electron chi connectivity index (χ3n) is 1.95. The first-order chi connectivity index (χ1) is 7.61. The molecule has 0 saturated heterocycles. The van der Waals surface area contributed by atoms with Gasteiger partial charge in [0.25, 0.3) is 0 Å². The molecule has 0 unspecified atom stereocenters. The smallest absolute Gasteiger partial charge is 0.358 e. The maximum absolute atomic E-state index is 11.0. The highest BCUT2D eigenvalue weighted by molar-refractivity contribution is 7.19. The zero-order valence-corrected chi connectivity index (χ0v) is 9.92. The van der Waals surface area contributed by atoms with Crippen molar-refractivity contribution in [1.82, 2.24) is 15.0 Å². The van der Waals surface area contributed by atoms with Gasteiger partial charge in [0.2, 0.25) is 0 Å². The second kappa shape index (κ2) is 4.23. The van der Waals surface area contributed by atoms with Gasteiger partial charge in [0.05, 0.1) is 15.8 Å². The van der Waals surface area contributed by atoms with Crippen LogP contribution in [0.2, 0.25) is 4.34 Å². The summed E-state index contributed by atoms with van der Waals surface area (Å²) in [7, 11) is 0. The molecule has 0 fully saturated rings. The van der Waals surface area contributed by atoms with Gasteiger partial charge in [0.1, 0.15) is 5.69 Å². The van der Waals surface area contributed by atoms with Crippen molar-refractivity contribution in [2.24, 2.45) is 0 Å². The second-order valence-electron chi connectivity index (χ2n) is 2.99. The molecule has 0 aromatic carbocycles. The Morgan fingerprint density at radius 2 is 2.31 bits per heavy atom. The number of aromatic carboxylic acids is 1. The van der Waals surface area contributed by atoms with Crippen LogP contribution in [0.15, 0.2) is 12.1 Å². The number of halogens is 1. The summed E-state index contributed by atoms with van der Waals surface area (Å²) >= 11 is 7.08. The van der Waals surface area contributed by atoms with Crippen LogP contribution in [0.25, 0.3) is 10.6 Å². The quantitative estimate of drug-likeness (QED) is 0.917. The summed E-state index contributed by atoms with van der Waals surface area (Å²) in [6.07, 6.45) is 0. The van der Waals surface area contributed by atoms with Crippen LogP contribution >= 0.6 is 22.9 Å². The van der Waals surface area contributed by atoms with Crippen molar-refractivity contribution in [2.45, 2.75) is 13.5 Å². The van der Waals surface area contributed by atoms with E-state index >= 15 is 0 Å². The number of rotatable bonds is 3. The number of carboxylic acids is 1. The average Bonchev–Trinajstić information content (AvgIpc) is 2.82. The van der Waals surface area contributed by atoms with Crippen molar-refractivity contribution < 1.29 is 9.90 Å². The lowest BCUT2D eigenvalue weighted by Gasteiger charge is -1.90. The van der Waals surface area contributed by atoms with Crippen molar-refractivity contribution in [3.8, 4) is 10.6 Å². The van der Waals surface area contributed by atoms with Gasteiger partial charge in [-0.1, -0.05) is 11.6 Å². The summed E-state index contributed by atoms with van der Waals surface area (Å²) in [6, 6.07) is 3.45. The lowest BCUT2D eigenvalue weighted by molar-refractivity contribution is 0.0690. The second-order valence-corrected chi connectivity index (χ2v) is 4.71. The Morgan fingerprint density at radius 1 is 1.56 bits per heavy atom. The monoisotopic (exact) mass is 257 g/mol. The van der Waals surface area contributed by atoms with Crippen LogP contribution in [0, 0.1) is 0 Å². The SMILES string of the molecule is CCn1nc(C(=O)O)c(-c2ccc(Cl)s2)n1. The maximum atomic E-state index is 11.0. The van der Waals surface area contributed by atoms with Crippen LogP contribution in [0.3, 0.4) is 0 Å². The third-order valence-corrected chi connectivity index (χ3v) is 3.19. The lowest BCUT2D eigenvalue weighted by atomic mass is 10.3. The van der Waals surface area contributed by atoms with Gasteiger partial charge in [-0.25, -0.2) is 4.79 Å². The van der Waals surface area contributed by atoms with Gasteiger partial charge in [-0.3, -0.25) is 0 Å². The Hall–Kier alpha value is -1.40. The number of carboxylic acid groups (broad SMARTS) is 1. The van der Waals surface area contributed by atoms with Crippen molar-refractivity contribution >= 4 is 28.9 Å². The Kier molecular flexibility index (Phi) is 2.93. The molecule has 0 spiro atoms. The molecule has 84 valence electrons. The van der Waals surface area contributed by atoms with Gasteiger partial charge in [-0.15, -0.1) is 16.4 Å². The Balaban J connectivity index is 2.54. The van der Waals surface area contributed by atoms with E-state index in [-0.39, 0.29) is 5.69 Å². The van der Waals surface area contributed by atoms with Crippen LogP contribution in [0.4, 0.5) is 0 Å². The number of hydrogen-bond acceptors (Lipinski definition) is 4. The topological polar surface area (TPSA) is 68.0 Å². The molecule has 0 amide bonds. The predicted molar refractivity (Wildman–Crippen MR) is 61.0 cm³/mol. The number of hydrogen-bond donors (Lipinski definition) is 1. The molecule has 0 aliphatic heterocycles. The molecule has 2 aromatic heterocycles. The molecule has 0 aliphatic carbocycles. The van der Waals surface area contributed by atoms with Crippen LogP contribution in [0.1, 0.15) is 17.4 Å². The molecule has 0 saturated carbocycles. The number of thiophene rings is 1. The molecule has 1 N–H and O–H groups in total. The van der Waals surface area contributed by atoms with E-state index in [1.165, 1.54) is 16.1 Å². The first-order valence-electron chi connectivity index (χ1n) is 4.56. The molecular formula is C9H8ClN3O2S. The van der Waals surface area contributed by atoms with Crippen LogP contribution in [-0.4, -0.2) is 26.1 Å². The molecule has 2 rings (SSSR count). The fourth-order valence-electron chi connectivity index (χ4n) is 1.24. The number of carbonyl (C=O) groups is 1. The minimum Gasteiger partial charge on any atom is -0.476 e. The first kappa shape index (κ1) is 11.1.